The number of sulfone groups is 1. The second-order valence-corrected chi connectivity index (χ2v) is 8.85. The van der Waals surface area contributed by atoms with Gasteiger partial charge in [0.2, 0.25) is 0 Å². The zero-order valence-corrected chi connectivity index (χ0v) is 15.1. The average molecular weight is 365 g/mol. The minimum Gasteiger partial charge on any atom is -0.304 e. The monoisotopic (exact) mass is 365 g/mol. The zero-order valence-electron chi connectivity index (χ0n) is 14.2. The van der Waals surface area contributed by atoms with Crippen molar-refractivity contribution in [2.45, 2.75) is 44.6 Å². The van der Waals surface area contributed by atoms with Gasteiger partial charge in [-0.25, -0.2) is 8.42 Å². The summed E-state index contributed by atoms with van der Waals surface area (Å²) in [5.74, 6) is 0.511. The van der Waals surface area contributed by atoms with E-state index in [1.807, 2.05) is 6.07 Å². The minimum absolute atomic E-state index is 0.00613. The maximum atomic E-state index is 12.3. The summed E-state index contributed by atoms with van der Waals surface area (Å²) in [6, 6.07) is 3.45. The number of hydrogen-bond acceptors (Lipinski definition) is 5. The predicted octanol–water partition coefficient (Wildman–Crippen LogP) is 1.95. The smallest absolute Gasteiger partial charge is 0.277 e. The number of aromatic amines is 1. The van der Waals surface area contributed by atoms with Crippen molar-refractivity contribution >= 4 is 21.6 Å². The molecule has 3 rings (SSSR count). The Labute approximate surface area is 146 Å². The molecule has 1 aliphatic carbocycles. The molecule has 1 saturated carbocycles. The maximum absolute atomic E-state index is 12.3. The fourth-order valence-corrected chi connectivity index (χ4v) is 3.59. The van der Waals surface area contributed by atoms with E-state index in [0.717, 1.165) is 18.5 Å². The predicted molar refractivity (Wildman–Crippen MR) is 94.3 cm³/mol. The molecule has 2 N–H and O–H groups in total. The topological polar surface area (TPSA) is 110 Å². The van der Waals surface area contributed by atoms with Gasteiger partial charge in [0.05, 0.1) is 12.3 Å². The number of aromatic nitrogens is 4. The van der Waals surface area contributed by atoms with Crippen molar-refractivity contribution in [2.24, 2.45) is 0 Å². The van der Waals surface area contributed by atoms with Crippen LogP contribution in [0.1, 0.15) is 54.2 Å². The fraction of sp³-hybridized carbons (Fsp3) is 0.562. The number of nitrogens with one attached hydrogen (secondary N) is 2. The first-order chi connectivity index (χ1) is 11.9. The molecule has 0 bridgehead atoms. The Bertz CT molecular complexity index is 834. The molecule has 0 unspecified atom stereocenters. The number of nitrogens with zero attached hydrogens (tertiary/aromatic N) is 3. The number of rotatable bonds is 6. The van der Waals surface area contributed by atoms with Crippen LogP contribution in [0.3, 0.4) is 0 Å². The lowest BCUT2D eigenvalue weighted by molar-refractivity contribution is 0.102. The molecule has 2 aromatic heterocycles. The van der Waals surface area contributed by atoms with Crippen LogP contribution in [0.25, 0.3) is 0 Å². The molecule has 8 nitrogen and oxygen atoms in total. The van der Waals surface area contributed by atoms with E-state index in [9.17, 15) is 13.2 Å². The van der Waals surface area contributed by atoms with Gasteiger partial charge in [-0.1, -0.05) is 19.3 Å². The maximum Gasteiger partial charge on any atom is 0.277 e. The highest BCUT2D eigenvalue weighted by Crippen LogP contribution is 2.31. The van der Waals surface area contributed by atoms with Gasteiger partial charge in [-0.2, -0.15) is 10.2 Å². The van der Waals surface area contributed by atoms with Crippen molar-refractivity contribution in [3.05, 3.63) is 29.7 Å². The number of carbonyl (C=O) groups excluding carboxylic acids is 1. The molecule has 1 amide bonds. The van der Waals surface area contributed by atoms with Crippen molar-refractivity contribution in [3.63, 3.8) is 0 Å². The summed E-state index contributed by atoms with van der Waals surface area (Å²) < 4.78 is 23.9. The van der Waals surface area contributed by atoms with Gasteiger partial charge in [-0.3, -0.25) is 14.6 Å². The number of aryl methyl sites for hydroxylation is 1. The fourth-order valence-electron chi connectivity index (χ4n) is 3.07. The van der Waals surface area contributed by atoms with Crippen molar-refractivity contribution in [2.75, 3.05) is 17.3 Å². The van der Waals surface area contributed by atoms with Crippen molar-refractivity contribution in [1.29, 1.82) is 0 Å². The number of anilines is 1. The molecule has 2 aromatic rings. The molecule has 0 radical (unpaired) electrons. The van der Waals surface area contributed by atoms with Crippen LogP contribution in [0.5, 0.6) is 0 Å². The Hall–Kier alpha value is -2.16. The van der Waals surface area contributed by atoms with E-state index >= 15 is 0 Å². The second-order valence-electron chi connectivity index (χ2n) is 6.59. The number of hydrogen-bond donors (Lipinski definition) is 2. The molecule has 2 heterocycles. The van der Waals surface area contributed by atoms with Crippen molar-refractivity contribution < 1.29 is 13.2 Å². The normalized spacial score (nSPS) is 16.0. The van der Waals surface area contributed by atoms with Gasteiger partial charge in [-0.05, 0) is 18.9 Å². The molecule has 136 valence electrons. The molecule has 0 atom stereocenters. The summed E-state index contributed by atoms with van der Waals surface area (Å²) in [5.41, 5.74) is 1.36. The Morgan fingerprint density at radius 1 is 1.36 bits per heavy atom. The van der Waals surface area contributed by atoms with Crippen LogP contribution < -0.4 is 5.32 Å². The van der Waals surface area contributed by atoms with Gasteiger partial charge in [-0.15, -0.1) is 0 Å². The molecule has 0 spiro atoms. The molecule has 1 fully saturated rings. The SMILES string of the molecule is CS(=O)(=O)CCn1ccc(NC(=O)c2cc(C3CCCCC3)[nH]n2)n1. The highest BCUT2D eigenvalue weighted by molar-refractivity contribution is 7.90. The highest BCUT2D eigenvalue weighted by atomic mass is 32.2. The summed E-state index contributed by atoms with van der Waals surface area (Å²) in [5, 5.41) is 13.9. The summed E-state index contributed by atoms with van der Waals surface area (Å²) in [4.78, 5) is 12.3. The molecule has 0 aliphatic heterocycles. The van der Waals surface area contributed by atoms with Gasteiger partial charge in [0.25, 0.3) is 5.91 Å². The van der Waals surface area contributed by atoms with Gasteiger partial charge in [0, 0.05) is 30.1 Å². The van der Waals surface area contributed by atoms with Crippen LogP contribution in [0, 0.1) is 0 Å². The van der Waals surface area contributed by atoms with E-state index in [2.05, 4.69) is 20.6 Å². The van der Waals surface area contributed by atoms with E-state index in [-0.39, 0.29) is 18.2 Å². The first-order valence-corrected chi connectivity index (χ1v) is 10.5. The molecule has 9 heteroatoms. The van der Waals surface area contributed by atoms with E-state index in [1.54, 1.807) is 12.3 Å². The molecule has 25 heavy (non-hydrogen) atoms. The summed E-state index contributed by atoms with van der Waals surface area (Å²) in [6.45, 7) is 0.253. The largest absolute Gasteiger partial charge is 0.304 e. The average Bonchev–Trinajstić information content (AvgIpc) is 3.22. The summed E-state index contributed by atoms with van der Waals surface area (Å²) >= 11 is 0. The van der Waals surface area contributed by atoms with Gasteiger partial charge >= 0.3 is 0 Å². The lowest BCUT2D eigenvalue weighted by Gasteiger charge is -2.19. The van der Waals surface area contributed by atoms with Gasteiger partial charge < -0.3 is 5.32 Å². The van der Waals surface area contributed by atoms with Crippen molar-refractivity contribution in [1.82, 2.24) is 20.0 Å². The number of carbonyl (C=O) groups is 1. The standard InChI is InChI=1S/C16H23N5O3S/c1-25(23,24)10-9-21-8-7-15(20-21)17-16(22)14-11-13(18-19-14)12-5-3-2-4-6-12/h7-8,11-12H,2-6,9-10H2,1H3,(H,18,19)(H,17,20,22). The van der Waals surface area contributed by atoms with Gasteiger partial charge in [0.15, 0.2) is 11.5 Å². The summed E-state index contributed by atoms with van der Waals surface area (Å²) in [6.07, 6.45) is 8.80. The minimum atomic E-state index is -3.05. The third-order valence-corrected chi connectivity index (χ3v) is 5.37. The van der Waals surface area contributed by atoms with Crippen LogP contribution >= 0.6 is 0 Å². The first-order valence-electron chi connectivity index (χ1n) is 8.48. The van der Waals surface area contributed by atoms with E-state index in [1.165, 1.54) is 30.2 Å². The van der Waals surface area contributed by atoms with Gasteiger partial charge in [0.1, 0.15) is 9.84 Å². The number of amides is 1. The lowest BCUT2D eigenvalue weighted by atomic mass is 9.87. The Morgan fingerprint density at radius 3 is 2.84 bits per heavy atom. The Morgan fingerprint density at radius 2 is 2.12 bits per heavy atom. The van der Waals surface area contributed by atoms with Crippen LogP contribution in [-0.2, 0) is 16.4 Å². The quantitative estimate of drug-likeness (QED) is 0.813. The van der Waals surface area contributed by atoms with Crippen LogP contribution in [0.4, 0.5) is 5.82 Å². The van der Waals surface area contributed by atoms with Crippen LogP contribution in [-0.4, -0.2) is 46.3 Å². The molecular formula is C16H23N5O3S. The summed E-state index contributed by atoms with van der Waals surface area (Å²) in [7, 11) is -3.05. The Kier molecular flexibility index (Phi) is 5.22. The van der Waals surface area contributed by atoms with Crippen LogP contribution in [0.15, 0.2) is 18.3 Å². The zero-order chi connectivity index (χ0) is 17.9. The van der Waals surface area contributed by atoms with Crippen molar-refractivity contribution in [3.8, 4) is 0 Å². The van der Waals surface area contributed by atoms with E-state index in [4.69, 9.17) is 0 Å². The Balaban J connectivity index is 1.59. The second kappa shape index (κ2) is 7.38. The third-order valence-electron chi connectivity index (χ3n) is 4.45. The molecule has 1 aliphatic rings. The van der Waals surface area contributed by atoms with E-state index < -0.39 is 9.84 Å². The molecule has 0 saturated heterocycles. The highest BCUT2D eigenvalue weighted by Gasteiger charge is 2.20. The lowest BCUT2D eigenvalue weighted by Crippen LogP contribution is -2.14. The molecular weight excluding hydrogens is 342 g/mol. The molecule has 0 aromatic carbocycles. The van der Waals surface area contributed by atoms with Crippen LogP contribution in [0.2, 0.25) is 0 Å². The first kappa shape index (κ1) is 17.7. The number of H-pyrrole nitrogens is 1. The van der Waals surface area contributed by atoms with E-state index in [0.29, 0.717) is 17.4 Å². The third kappa shape index (κ3) is 4.91.